The molecule has 1 atom stereocenters. The van der Waals surface area contributed by atoms with Crippen LogP contribution in [-0.2, 0) is 9.53 Å². The molecule has 1 aliphatic rings. The lowest BCUT2D eigenvalue weighted by Gasteiger charge is -2.29. The highest BCUT2D eigenvalue weighted by molar-refractivity contribution is 7.80. The van der Waals surface area contributed by atoms with Gasteiger partial charge in [-0.15, -0.1) is 0 Å². The average molecular weight is 318 g/mol. The van der Waals surface area contributed by atoms with Gasteiger partial charge in [0.1, 0.15) is 12.4 Å². The van der Waals surface area contributed by atoms with Crippen molar-refractivity contribution in [2.75, 3.05) is 13.7 Å². The zero-order chi connectivity index (χ0) is 16.1. The number of carbonyl (C=O) groups is 1. The van der Waals surface area contributed by atoms with E-state index >= 15 is 0 Å². The van der Waals surface area contributed by atoms with Crippen LogP contribution in [0.25, 0.3) is 0 Å². The number of nitrogens with one attached hydrogen (secondary N) is 2. The zero-order valence-corrected chi connectivity index (χ0v) is 13.3. The van der Waals surface area contributed by atoms with E-state index in [1.54, 1.807) is 13.0 Å². The highest BCUT2D eigenvalue weighted by Crippen LogP contribution is 2.28. The van der Waals surface area contributed by atoms with Crippen LogP contribution in [0.4, 0.5) is 0 Å². The Hall–Kier alpha value is -2.34. The number of hydrogen-bond donors (Lipinski definition) is 2. The summed E-state index contributed by atoms with van der Waals surface area (Å²) in [6.45, 7) is 5.85. The number of methoxy groups -OCH3 is 1. The number of carbonyl (C=O) groups excluding carboxylic acids is 1. The third-order valence-corrected chi connectivity index (χ3v) is 3.48. The van der Waals surface area contributed by atoms with E-state index in [-0.39, 0.29) is 6.04 Å². The summed E-state index contributed by atoms with van der Waals surface area (Å²) in [4.78, 5) is 12.0. The Balaban J connectivity index is 2.31. The molecule has 0 saturated heterocycles. The molecule has 2 N–H and O–H groups in total. The van der Waals surface area contributed by atoms with E-state index in [1.165, 1.54) is 7.11 Å². The van der Waals surface area contributed by atoms with E-state index < -0.39 is 5.97 Å². The first-order valence-electron chi connectivity index (χ1n) is 6.77. The second kappa shape index (κ2) is 7.09. The van der Waals surface area contributed by atoms with Crippen molar-refractivity contribution < 1.29 is 14.3 Å². The number of esters is 1. The summed E-state index contributed by atoms with van der Waals surface area (Å²) in [5.74, 6) is 0.345. The molecule has 1 aromatic rings. The zero-order valence-electron chi connectivity index (χ0n) is 12.5. The molecule has 116 valence electrons. The van der Waals surface area contributed by atoms with Crippen molar-refractivity contribution in [2.24, 2.45) is 0 Å². The number of rotatable bonds is 5. The van der Waals surface area contributed by atoms with Crippen LogP contribution in [-0.4, -0.2) is 24.8 Å². The predicted molar refractivity (Wildman–Crippen MR) is 88.5 cm³/mol. The van der Waals surface area contributed by atoms with Crippen LogP contribution in [0, 0.1) is 0 Å². The molecule has 1 aromatic carbocycles. The number of allylic oxidation sites excluding steroid dienone is 1. The molecule has 22 heavy (non-hydrogen) atoms. The number of thiocarbonyl (C=S) groups is 1. The van der Waals surface area contributed by atoms with E-state index in [9.17, 15) is 4.79 Å². The fourth-order valence-corrected chi connectivity index (χ4v) is 2.51. The highest BCUT2D eigenvalue weighted by atomic mass is 32.1. The van der Waals surface area contributed by atoms with Crippen molar-refractivity contribution >= 4 is 23.3 Å². The molecule has 1 aliphatic heterocycles. The first-order valence-corrected chi connectivity index (χ1v) is 7.18. The van der Waals surface area contributed by atoms with E-state index in [1.807, 2.05) is 24.3 Å². The summed E-state index contributed by atoms with van der Waals surface area (Å²) in [5.41, 5.74) is 2.10. The smallest absolute Gasteiger partial charge is 0.337 e. The van der Waals surface area contributed by atoms with Gasteiger partial charge in [-0.2, -0.15) is 0 Å². The standard InChI is InChI=1S/C16H18N2O3S/c1-4-9-21-12-7-5-11(6-8-12)14-13(15(19)20-3)10(2)17-16(22)18-14/h4-8,14H,1,9H2,2-3H3,(H2,17,18,22)/t14-/m0/s1. The summed E-state index contributed by atoms with van der Waals surface area (Å²) in [7, 11) is 1.36. The van der Waals surface area contributed by atoms with Gasteiger partial charge in [-0.05, 0) is 36.8 Å². The lowest BCUT2D eigenvalue weighted by molar-refractivity contribution is -0.136. The summed E-state index contributed by atoms with van der Waals surface area (Å²) in [5, 5.41) is 6.52. The van der Waals surface area contributed by atoms with Gasteiger partial charge in [-0.1, -0.05) is 24.8 Å². The predicted octanol–water partition coefficient (Wildman–Crippen LogP) is 2.22. The van der Waals surface area contributed by atoms with Crippen LogP contribution < -0.4 is 15.4 Å². The van der Waals surface area contributed by atoms with Gasteiger partial charge in [-0.25, -0.2) is 4.79 Å². The van der Waals surface area contributed by atoms with Crippen molar-refractivity contribution in [3.63, 3.8) is 0 Å². The quantitative estimate of drug-likeness (QED) is 0.493. The average Bonchev–Trinajstić information content (AvgIpc) is 2.52. The second-order valence-electron chi connectivity index (χ2n) is 4.73. The maximum absolute atomic E-state index is 12.0. The maximum atomic E-state index is 12.0. The molecule has 0 aliphatic carbocycles. The van der Waals surface area contributed by atoms with Crippen LogP contribution in [0.3, 0.4) is 0 Å². The molecule has 0 aromatic heterocycles. The molecule has 0 fully saturated rings. The van der Waals surface area contributed by atoms with E-state index in [0.29, 0.717) is 23.0 Å². The molecule has 0 radical (unpaired) electrons. The normalized spacial score (nSPS) is 17.4. The van der Waals surface area contributed by atoms with Crippen LogP contribution in [0.5, 0.6) is 5.75 Å². The molecule has 5 nitrogen and oxygen atoms in total. The van der Waals surface area contributed by atoms with Crippen LogP contribution in [0.2, 0.25) is 0 Å². The first kappa shape index (κ1) is 16.0. The van der Waals surface area contributed by atoms with Gasteiger partial charge in [0.25, 0.3) is 0 Å². The Morgan fingerprint density at radius 1 is 1.41 bits per heavy atom. The van der Waals surface area contributed by atoms with Crippen molar-refractivity contribution in [2.45, 2.75) is 13.0 Å². The Bertz CT molecular complexity index is 623. The maximum Gasteiger partial charge on any atom is 0.337 e. The van der Waals surface area contributed by atoms with Crippen LogP contribution >= 0.6 is 12.2 Å². The van der Waals surface area contributed by atoms with E-state index in [2.05, 4.69) is 17.2 Å². The summed E-state index contributed by atoms with van der Waals surface area (Å²) in [6, 6.07) is 7.11. The van der Waals surface area contributed by atoms with E-state index in [0.717, 1.165) is 11.3 Å². The molecule has 0 saturated carbocycles. The minimum atomic E-state index is -0.392. The van der Waals surface area contributed by atoms with E-state index in [4.69, 9.17) is 21.7 Å². The second-order valence-corrected chi connectivity index (χ2v) is 5.14. The van der Waals surface area contributed by atoms with Crippen LogP contribution in [0.15, 0.2) is 48.2 Å². The molecule has 6 heteroatoms. The van der Waals surface area contributed by atoms with Gasteiger partial charge in [0.05, 0.1) is 18.7 Å². The Labute approximate surface area is 135 Å². The molecule has 0 spiro atoms. The van der Waals surface area contributed by atoms with Crippen molar-refractivity contribution in [1.29, 1.82) is 0 Å². The SMILES string of the molecule is C=CCOc1ccc([C@@H]2NC(=S)NC(C)=C2C(=O)OC)cc1. The van der Waals surface area contributed by atoms with Gasteiger partial charge < -0.3 is 20.1 Å². The van der Waals surface area contributed by atoms with Gasteiger partial charge >= 0.3 is 5.97 Å². The third-order valence-electron chi connectivity index (χ3n) is 3.26. The molecular formula is C16H18N2O3S. The van der Waals surface area contributed by atoms with Crippen molar-refractivity contribution in [3.05, 3.63) is 53.8 Å². The fraction of sp³-hybridized carbons (Fsp3) is 0.250. The highest BCUT2D eigenvalue weighted by Gasteiger charge is 2.30. The van der Waals surface area contributed by atoms with Gasteiger partial charge in [0.2, 0.25) is 0 Å². The lowest BCUT2D eigenvalue weighted by Crippen LogP contribution is -2.45. The molecule has 0 unspecified atom stereocenters. The summed E-state index contributed by atoms with van der Waals surface area (Å²) < 4.78 is 10.3. The Morgan fingerprint density at radius 2 is 2.09 bits per heavy atom. The monoisotopic (exact) mass is 318 g/mol. The Morgan fingerprint density at radius 3 is 2.68 bits per heavy atom. The largest absolute Gasteiger partial charge is 0.490 e. The summed E-state index contributed by atoms with van der Waals surface area (Å²) >= 11 is 5.17. The van der Waals surface area contributed by atoms with Gasteiger partial charge in [-0.3, -0.25) is 0 Å². The Kier molecular flexibility index (Phi) is 5.16. The number of ether oxygens (including phenoxy) is 2. The lowest BCUT2D eigenvalue weighted by atomic mass is 9.95. The number of hydrogen-bond acceptors (Lipinski definition) is 4. The number of benzene rings is 1. The molecular weight excluding hydrogens is 300 g/mol. The van der Waals surface area contributed by atoms with Crippen molar-refractivity contribution in [3.8, 4) is 5.75 Å². The molecule has 0 bridgehead atoms. The van der Waals surface area contributed by atoms with Crippen LogP contribution in [0.1, 0.15) is 18.5 Å². The van der Waals surface area contributed by atoms with Gasteiger partial charge in [0, 0.05) is 5.70 Å². The molecule has 0 amide bonds. The minimum Gasteiger partial charge on any atom is -0.490 e. The third kappa shape index (κ3) is 3.46. The molecule has 2 rings (SSSR count). The fourth-order valence-electron chi connectivity index (χ4n) is 2.24. The summed E-state index contributed by atoms with van der Waals surface area (Å²) in [6.07, 6.45) is 1.68. The molecule has 1 heterocycles. The topological polar surface area (TPSA) is 59.6 Å². The first-order chi connectivity index (χ1) is 10.6. The van der Waals surface area contributed by atoms with Gasteiger partial charge in [0.15, 0.2) is 5.11 Å². The minimum absolute atomic E-state index is 0.352. The van der Waals surface area contributed by atoms with Crippen molar-refractivity contribution in [1.82, 2.24) is 10.6 Å².